The standard InChI is InChI=1S/C19H29N3O2S/c1-15-20-17(14-25-15)13-19(24)22-11-9-21(10-12-22)18(23)8-7-16-5-3-2-4-6-16/h14,16H,2-13H2,1H3. The Morgan fingerprint density at radius 3 is 2.32 bits per heavy atom. The van der Waals surface area contributed by atoms with E-state index in [0.717, 1.165) is 23.0 Å². The van der Waals surface area contributed by atoms with Gasteiger partial charge in [0, 0.05) is 38.0 Å². The van der Waals surface area contributed by atoms with Crippen molar-refractivity contribution in [2.75, 3.05) is 26.2 Å². The van der Waals surface area contributed by atoms with Crippen LogP contribution in [0.15, 0.2) is 5.38 Å². The second-order valence-electron chi connectivity index (χ2n) is 7.34. The maximum atomic E-state index is 12.4. The van der Waals surface area contributed by atoms with E-state index in [1.165, 1.54) is 32.1 Å². The van der Waals surface area contributed by atoms with Gasteiger partial charge in [-0.25, -0.2) is 4.98 Å². The van der Waals surface area contributed by atoms with E-state index in [1.807, 2.05) is 22.1 Å². The Bertz CT molecular complexity index is 587. The van der Waals surface area contributed by atoms with Crippen LogP contribution in [0.2, 0.25) is 0 Å². The van der Waals surface area contributed by atoms with Crippen LogP contribution in [-0.2, 0) is 16.0 Å². The number of rotatable bonds is 5. The third-order valence-corrected chi connectivity index (χ3v) is 6.30. The molecule has 138 valence electrons. The normalized spacial score (nSPS) is 19.2. The minimum Gasteiger partial charge on any atom is -0.339 e. The Labute approximate surface area is 154 Å². The van der Waals surface area contributed by atoms with Gasteiger partial charge in [0.25, 0.3) is 0 Å². The zero-order valence-electron chi connectivity index (χ0n) is 15.2. The summed E-state index contributed by atoms with van der Waals surface area (Å²) in [6.07, 6.45) is 8.71. The molecule has 1 aromatic rings. The average Bonchev–Trinajstić information content (AvgIpc) is 3.05. The van der Waals surface area contributed by atoms with Gasteiger partial charge in [-0.3, -0.25) is 9.59 Å². The quantitative estimate of drug-likeness (QED) is 0.808. The van der Waals surface area contributed by atoms with Crippen LogP contribution >= 0.6 is 11.3 Å². The lowest BCUT2D eigenvalue weighted by Gasteiger charge is -2.35. The molecule has 0 unspecified atom stereocenters. The number of piperazine rings is 1. The molecule has 2 heterocycles. The van der Waals surface area contributed by atoms with Crippen molar-refractivity contribution >= 4 is 23.2 Å². The number of hydrogen-bond acceptors (Lipinski definition) is 4. The van der Waals surface area contributed by atoms with E-state index in [-0.39, 0.29) is 11.8 Å². The number of carbonyl (C=O) groups is 2. The van der Waals surface area contributed by atoms with E-state index in [0.29, 0.717) is 39.0 Å². The third-order valence-electron chi connectivity index (χ3n) is 5.48. The van der Waals surface area contributed by atoms with E-state index in [1.54, 1.807) is 11.3 Å². The summed E-state index contributed by atoms with van der Waals surface area (Å²) in [4.78, 5) is 33.0. The Hall–Kier alpha value is -1.43. The fourth-order valence-corrected chi connectivity index (χ4v) is 4.54. The summed E-state index contributed by atoms with van der Waals surface area (Å²) in [7, 11) is 0. The number of aryl methyl sites for hydroxylation is 1. The Kier molecular flexibility index (Phi) is 6.45. The number of thiazole rings is 1. The Morgan fingerprint density at radius 2 is 1.72 bits per heavy atom. The largest absolute Gasteiger partial charge is 0.339 e. The van der Waals surface area contributed by atoms with Crippen molar-refractivity contribution in [3.8, 4) is 0 Å². The highest BCUT2D eigenvalue weighted by Gasteiger charge is 2.25. The fraction of sp³-hybridized carbons (Fsp3) is 0.737. The molecule has 2 aliphatic rings. The molecule has 5 nitrogen and oxygen atoms in total. The molecule has 0 aromatic carbocycles. The minimum absolute atomic E-state index is 0.125. The van der Waals surface area contributed by atoms with Crippen LogP contribution < -0.4 is 0 Å². The van der Waals surface area contributed by atoms with Gasteiger partial charge >= 0.3 is 0 Å². The molecule has 2 fully saturated rings. The fourth-order valence-electron chi connectivity index (χ4n) is 3.92. The molecule has 0 N–H and O–H groups in total. The van der Waals surface area contributed by atoms with Crippen LogP contribution in [0.1, 0.15) is 55.6 Å². The van der Waals surface area contributed by atoms with Crippen LogP contribution in [0.25, 0.3) is 0 Å². The smallest absolute Gasteiger partial charge is 0.228 e. The first-order chi connectivity index (χ1) is 12.1. The summed E-state index contributed by atoms with van der Waals surface area (Å²) in [5, 5.41) is 2.95. The zero-order chi connectivity index (χ0) is 17.6. The van der Waals surface area contributed by atoms with Crippen LogP contribution in [0.5, 0.6) is 0 Å². The number of aromatic nitrogens is 1. The monoisotopic (exact) mass is 363 g/mol. The predicted molar refractivity (Wildman–Crippen MR) is 99.5 cm³/mol. The van der Waals surface area contributed by atoms with Gasteiger partial charge in [-0.15, -0.1) is 11.3 Å². The predicted octanol–water partition coefficient (Wildman–Crippen LogP) is 3.03. The average molecular weight is 364 g/mol. The molecular weight excluding hydrogens is 334 g/mol. The van der Waals surface area contributed by atoms with Crippen molar-refractivity contribution in [1.29, 1.82) is 0 Å². The molecular formula is C19H29N3O2S. The molecule has 1 aliphatic carbocycles. The second-order valence-corrected chi connectivity index (χ2v) is 8.40. The maximum absolute atomic E-state index is 12.4. The molecule has 2 amide bonds. The van der Waals surface area contributed by atoms with E-state index >= 15 is 0 Å². The zero-order valence-corrected chi connectivity index (χ0v) is 16.0. The Morgan fingerprint density at radius 1 is 1.08 bits per heavy atom. The van der Waals surface area contributed by atoms with Gasteiger partial charge in [-0.1, -0.05) is 32.1 Å². The lowest BCUT2D eigenvalue weighted by molar-refractivity contribution is -0.139. The molecule has 1 saturated carbocycles. The van der Waals surface area contributed by atoms with Crippen molar-refractivity contribution < 1.29 is 9.59 Å². The van der Waals surface area contributed by atoms with E-state index in [2.05, 4.69) is 4.98 Å². The number of nitrogens with zero attached hydrogens (tertiary/aromatic N) is 3. The lowest BCUT2D eigenvalue weighted by atomic mass is 9.86. The van der Waals surface area contributed by atoms with Gasteiger partial charge < -0.3 is 9.80 Å². The van der Waals surface area contributed by atoms with Gasteiger partial charge in [0.05, 0.1) is 17.1 Å². The van der Waals surface area contributed by atoms with Crippen molar-refractivity contribution in [2.24, 2.45) is 5.92 Å². The van der Waals surface area contributed by atoms with E-state index < -0.39 is 0 Å². The molecule has 0 bridgehead atoms. The summed E-state index contributed by atoms with van der Waals surface area (Å²) in [6.45, 7) is 4.60. The SMILES string of the molecule is Cc1nc(CC(=O)N2CCN(C(=O)CCC3CCCCC3)CC2)cs1. The minimum atomic E-state index is 0.125. The molecule has 1 aromatic heterocycles. The van der Waals surface area contributed by atoms with Crippen LogP contribution in [-0.4, -0.2) is 52.8 Å². The van der Waals surface area contributed by atoms with Crippen LogP contribution in [0.3, 0.4) is 0 Å². The summed E-state index contributed by atoms with van der Waals surface area (Å²) >= 11 is 1.58. The van der Waals surface area contributed by atoms with Crippen LogP contribution in [0.4, 0.5) is 0 Å². The molecule has 1 aliphatic heterocycles. The number of hydrogen-bond donors (Lipinski definition) is 0. The summed E-state index contributed by atoms with van der Waals surface area (Å²) in [5.41, 5.74) is 0.860. The molecule has 25 heavy (non-hydrogen) atoms. The van der Waals surface area contributed by atoms with Gasteiger partial charge in [-0.05, 0) is 19.3 Å². The van der Waals surface area contributed by atoms with Gasteiger partial charge in [0.2, 0.25) is 11.8 Å². The molecule has 6 heteroatoms. The first kappa shape index (κ1) is 18.4. The van der Waals surface area contributed by atoms with Crippen molar-refractivity contribution in [3.05, 3.63) is 16.1 Å². The lowest BCUT2D eigenvalue weighted by Crippen LogP contribution is -2.51. The highest BCUT2D eigenvalue weighted by atomic mass is 32.1. The van der Waals surface area contributed by atoms with Gasteiger partial charge in [0.15, 0.2) is 0 Å². The van der Waals surface area contributed by atoms with E-state index in [9.17, 15) is 9.59 Å². The first-order valence-electron chi connectivity index (χ1n) is 9.58. The molecule has 3 rings (SSSR count). The second kappa shape index (κ2) is 8.79. The third kappa shape index (κ3) is 5.27. The first-order valence-corrected chi connectivity index (χ1v) is 10.5. The molecule has 1 saturated heterocycles. The van der Waals surface area contributed by atoms with Crippen molar-refractivity contribution in [2.45, 2.75) is 58.3 Å². The molecule has 0 radical (unpaired) electrons. The molecule has 0 atom stereocenters. The van der Waals surface area contributed by atoms with Crippen molar-refractivity contribution in [1.82, 2.24) is 14.8 Å². The molecule has 0 spiro atoms. The van der Waals surface area contributed by atoms with Gasteiger partial charge in [-0.2, -0.15) is 0 Å². The van der Waals surface area contributed by atoms with Crippen molar-refractivity contribution in [3.63, 3.8) is 0 Å². The van der Waals surface area contributed by atoms with E-state index in [4.69, 9.17) is 0 Å². The Balaban J connectivity index is 1.38. The highest BCUT2D eigenvalue weighted by Crippen LogP contribution is 2.27. The topological polar surface area (TPSA) is 53.5 Å². The maximum Gasteiger partial charge on any atom is 0.228 e. The summed E-state index contributed by atoms with van der Waals surface area (Å²) in [6, 6.07) is 0. The summed E-state index contributed by atoms with van der Waals surface area (Å²) < 4.78 is 0. The number of carbonyl (C=O) groups excluding carboxylic acids is 2. The van der Waals surface area contributed by atoms with Gasteiger partial charge in [0.1, 0.15) is 0 Å². The highest BCUT2D eigenvalue weighted by molar-refractivity contribution is 7.09. The summed E-state index contributed by atoms with van der Waals surface area (Å²) in [5.74, 6) is 1.15. The number of amides is 2. The van der Waals surface area contributed by atoms with Crippen LogP contribution in [0, 0.1) is 12.8 Å².